The Morgan fingerprint density at radius 2 is 2.05 bits per heavy atom. The van der Waals surface area contributed by atoms with Crippen molar-refractivity contribution in [2.75, 3.05) is 7.11 Å². The van der Waals surface area contributed by atoms with E-state index in [0.717, 1.165) is 35.5 Å². The van der Waals surface area contributed by atoms with Crippen molar-refractivity contribution in [1.29, 1.82) is 0 Å². The molecular weight excluding hydrogens is 276 g/mol. The van der Waals surface area contributed by atoms with E-state index in [9.17, 15) is 5.11 Å². The molecule has 2 aromatic rings. The van der Waals surface area contributed by atoms with Crippen LogP contribution in [0.2, 0.25) is 0 Å². The smallest absolute Gasteiger partial charge is 0.121 e. The summed E-state index contributed by atoms with van der Waals surface area (Å²) in [5.41, 5.74) is 2.81. The van der Waals surface area contributed by atoms with E-state index in [-0.39, 0.29) is 0 Å². The van der Waals surface area contributed by atoms with Crippen LogP contribution in [-0.4, -0.2) is 22.0 Å². The van der Waals surface area contributed by atoms with Crippen LogP contribution >= 0.6 is 0 Å². The third kappa shape index (κ3) is 3.02. The zero-order chi connectivity index (χ0) is 15.5. The van der Waals surface area contributed by atoms with Crippen molar-refractivity contribution < 1.29 is 9.84 Å². The Balaban J connectivity index is 1.86. The summed E-state index contributed by atoms with van der Waals surface area (Å²) in [5.74, 6) is 1.18. The lowest BCUT2D eigenvalue weighted by molar-refractivity contribution is 0.0843. The SMILES string of the molecule is COc1cccc(-n2cc(C(O)C3CCCCC3)c(C)n2)c1. The first-order chi connectivity index (χ1) is 10.7. The molecule has 0 bridgehead atoms. The number of ether oxygens (including phenoxy) is 1. The molecule has 118 valence electrons. The number of aliphatic hydroxyl groups is 1. The number of hydrogen-bond acceptors (Lipinski definition) is 3. The maximum atomic E-state index is 10.7. The second-order valence-corrected chi connectivity index (χ2v) is 6.16. The highest BCUT2D eigenvalue weighted by Crippen LogP contribution is 2.35. The Bertz CT molecular complexity index is 630. The van der Waals surface area contributed by atoms with Gasteiger partial charge in [0.05, 0.1) is 24.6 Å². The molecule has 0 radical (unpaired) electrons. The summed E-state index contributed by atoms with van der Waals surface area (Å²) in [6.07, 6.45) is 7.54. The first kappa shape index (κ1) is 15.1. The van der Waals surface area contributed by atoms with E-state index in [1.165, 1.54) is 19.3 Å². The van der Waals surface area contributed by atoms with Gasteiger partial charge < -0.3 is 9.84 Å². The fourth-order valence-electron chi connectivity index (χ4n) is 3.35. The summed E-state index contributed by atoms with van der Waals surface area (Å²) in [7, 11) is 1.66. The van der Waals surface area contributed by atoms with Crippen LogP contribution in [0.25, 0.3) is 5.69 Å². The highest BCUT2D eigenvalue weighted by molar-refractivity contribution is 5.39. The predicted octanol–water partition coefficient (Wildman–Crippen LogP) is 3.80. The molecule has 1 aliphatic carbocycles. The quantitative estimate of drug-likeness (QED) is 0.934. The van der Waals surface area contributed by atoms with E-state index in [1.54, 1.807) is 7.11 Å². The number of nitrogens with zero attached hydrogens (tertiary/aromatic N) is 2. The van der Waals surface area contributed by atoms with Gasteiger partial charge in [-0.2, -0.15) is 5.10 Å². The minimum Gasteiger partial charge on any atom is -0.497 e. The summed E-state index contributed by atoms with van der Waals surface area (Å²) in [5, 5.41) is 15.3. The predicted molar refractivity (Wildman–Crippen MR) is 86.4 cm³/mol. The third-order valence-electron chi connectivity index (χ3n) is 4.67. The van der Waals surface area contributed by atoms with Gasteiger partial charge >= 0.3 is 0 Å². The minimum atomic E-state index is -0.403. The van der Waals surface area contributed by atoms with E-state index >= 15 is 0 Å². The van der Waals surface area contributed by atoms with Gasteiger partial charge in [-0.25, -0.2) is 4.68 Å². The number of aryl methyl sites for hydroxylation is 1. The number of aliphatic hydroxyl groups excluding tert-OH is 1. The van der Waals surface area contributed by atoms with Gasteiger partial charge in [-0.3, -0.25) is 0 Å². The number of methoxy groups -OCH3 is 1. The third-order valence-corrected chi connectivity index (χ3v) is 4.67. The molecule has 3 rings (SSSR count). The van der Waals surface area contributed by atoms with E-state index in [4.69, 9.17) is 4.74 Å². The van der Waals surface area contributed by atoms with Gasteiger partial charge in [-0.15, -0.1) is 0 Å². The minimum absolute atomic E-state index is 0.371. The zero-order valence-electron chi connectivity index (χ0n) is 13.3. The number of benzene rings is 1. The first-order valence-corrected chi connectivity index (χ1v) is 8.07. The topological polar surface area (TPSA) is 47.3 Å². The molecule has 1 heterocycles. The van der Waals surface area contributed by atoms with Crippen molar-refractivity contribution >= 4 is 0 Å². The number of hydrogen-bond donors (Lipinski definition) is 1. The summed E-state index contributed by atoms with van der Waals surface area (Å²) in [6, 6.07) is 7.80. The molecule has 1 saturated carbocycles. The Morgan fingerprint density at radius 3 is 2.77 bits per heavy atom. The Hall–Kier alpha value is -1.81. The molecule has 1 unspecified atom stereocenters. The fraction of sp³-hybridized carbons (Fsp3) is 0.500. The van der Waals surface area contributed by atoms with E-state index in [2.05, 4.69) is 5.10 Å². The van der Waals surface area contributed by atoms with Gasteiger partial charge in [0.1, 0.15) is 5.75 Å². The second kappa shape index (κ2) is 6.53. The lowest BCUT2D eigenvalue weighted by Gasteiger charge is -2.26. The van der Waals surface area contributed by atoms with Gasteiger partial charge in [0, 0.05) is 17.8 Å². The standard InChI is InChI=1S/C18H24N2O2/c1-13-17(18(21)14-7-4-3-5-8-14)12-20(19-13)15-9-6-10-16(11-15)22-2/h6,9-12,14,18,21H,3-5,7-8H2,1-2H3. The van der Waals surface area contributed by atoms with Crippen LogP contribution in [0.15, 0.2) is 30.5 Å². The van der Waals surface area contributed by atoms with Gasteiger partial charge in [-0.1, -0.05) is 25.3 Å². The number of aromatic nitrogens is 2. The summed E-state index contributed by atoms with van der Waals surface area (Å²) >= 11 is 0. The molecule has 0 spiro atoms. The van der Waals surface area contributed by atoms with Crippen molar-refractivity contribution in [2.24, 2.45) is 5.92 Å². The lowest BCUT2D eigenvalue weighted by atomic mass is 9.83. The Kier molecular flexibility index (Phi) is 4.48. The largest absolute Gasteiger partial charge is 0.497 e. The average molecular weight is 300 g/mol. The molecule has 0 amide bonds. The maximum Gasteiger partial charge on any atom is 0.121 e. The van der Waals surface area contributed by atoms with Gasteiger partial charge in [0.25, 0.3) is 0 Å². The van der Waals surface area contributed by atoms with Crippen LogP contribution in [0.3, 0.4) is 0 Å². The molecule has 1 atom stereocenters. The van der Waals surface area contributed by atoms with Crippen LogP contribution in [0.1, 0.15) is 49.5 Å². The Morgan fingerprint density at radius 1 is 1.27 bits per heavy atom. The van der Waals surface area contributed by atoms with Crippen LogP contribution in [0.5, 0.6) is 5.75 Å². The molecule has 1 fully saturated rings. The highest BCUT2D eigenvalue weighted by atomic mass is 16.5. The van der Waals surface area contributed by atoms with Crippen LogP contribution in [-0.2, 0) is 0 Å². The fourth-order valence-corrected chi connectivity index (χ4v) is 3.35. The van der Waals surface area contributed by atoms with E-state index < -0.39 is 6.10 Å². The van der Waals surface area contributed by atoms with Crippen LogP contribution in [0, 0.1) is 12.8 Å². The zero-order valence-corrected chi connectivity index (χ0v) is 13.3. The molecule has 0 saturated heterocycles. The van der Waals surface area contributed by atoms with Gasteiger partial charge in [0.2, 0.25) is 0 Å². The summed E-state index contributed by atoms with van der Waals surface area (Å²) < 4.78 is 7.10. The second-order valence-electron chi connectivity index (χ2n) is 6.16. The van der Waals surface area contributed by atoms with Crippen molar-refractivity contribution in [3.63, 3.8) is 0 Å². The van der Waals surface area contributed by atoms with Crippen LogP contribution < -0.4 is 4.74 Å². The molecule has 1 aromatic carbocycles. The average Bonchev–Trinajstić information content (AvgIpc) is 2.97. The molecule has 0 aliphatic heterocycles. The van der Waals surface area contributed by atoms with Crippen LogP contribution in [0.4, 0.5) is 0 Å². The van der Waals surface area contributed by atoms with Crippen molar-refractivity contribution in [2.45, 2.75) is 45.1 Å². The van der Waals surface area contributed by atoms with Crippen molar-refractivity contribution in [3.05, 3.63) is 41.7 Å². The van der Waals surface area contributed by atoms with Crippen molar-refractivity contribution in [3.8, 4) is 11.4 Å². The lowest BCUT2D eigenvalue weighted by Crippen LogP contribution is -2.16. The summed E-state index contributed by atoms with van der Waals surface area (Å²) in [6.45, 7) is 1.97. The summed E-state index contributed by atoms with van der Waals surface area (Å²) in [4.78, 5) is 0. The number of rotatable bonds is 4. The molecule has 4 heteroatoms. The van der Waals surface area contributed by atoms with Gasteiger partial charge in [-0.05, 0) is 37.8 Å². The van der Waals surface area contributed by atoms with Crippen molar-refractivity contribution in [1.82, 2.24) is 9.78 Å². The monoisotopic (exact) mass is 300 g/mol. The molecule has 1 aromatic heterocycles. The molecule has 1 N–H and O–H groups in total. The highest BCUT2D eigenvalue weighted by Gasteiger charge is 2.26. The molecular formula is C18H24N2O2. The normalized spacial score (nSPS) is 17.4. The molecule has 22 heavy (non-hydrogen) atoms. The molecule has 1 aliphatic rings. The Labute approximate surface area is 131 Å². The molecule has 4 nitrogen and oxygen atoms in total. The maximum absolute atomic E-state index is 10.7. The van der Waals surface area contributed by atoms with E-state index in [1.807, 2.05) is 42.1 Å². The van der Waals surface area contributed by atoms with Gasteiger partial charge in [0.15, 0.2) is 0 Å². The van der Waals surface area contributed by atoms with E-state index in [0.29, 0.717) is 5.92 Å². The first-order valence-electron chi connectivity index (χ1n) is 8.07.